The first-order valence-electron chi connectivity index (χ1n) is 15.5. The predicted molar refractivity (Wildman–Crippen MR) is 173 cm³/mol. The highest BCUT2D eigenvalue weighted by atomic mass is 16.5. The molecule has 3 amide bonds. The highest BCUT2D eigenvalue weighted by Gasteiger charge is 2.26. The number of amides is 3. The van der Waals surface area contributed by atoms with Gasteiger partial charge in [-0.25, -0.2) is 4.79 Å². The van der Waals surface area contributed by atoms with E-state index in [2.05, 4.69) is 34.5 Å². The number of pyridine rings is 1. The van der Waals surface area contributed by atoms with Crippen LogP contribution >= 0.6 is 0 Å². The Balaban J connectivity index is 1.77. The van der Waals surface area contributed by atoms with Crippen LogP contribution in [0, 0.1) is 12.8 Å². The number of nitrogens with one attached hydrogen (secondary N) is 3. The van der Waals surface area contributed by atoms with E-state index in [0.29, 0.717) is 17.1 Å². The summed E-state index contributed by atoms with van der Waals surface area (Å²) in [4.78, 5) is 64.4. The average molecular weight is 621 g/mol. The minimum Gasteiger partial charge on any atom is -0.466 e. The van der Waals surface area contributed by atoms with Gasteiger partial charge in [-0.2, -0.15) is 0 Å². The second kappa shape index (κ2) is 17.0. The Morgan fingerprint density at radius 1 is 1.00 bits per heavy atom. The Morgan fingerprint density at radius 3 is 2.42 bits per heavy atom. The van der Waals surface area contributed by atoms with E-state index in [9.17, 15) is 24.0 Å². The van der Waals surface area contributed by atoms with Crippen molar-refractivity contribution in [1.82, 2.24) is 15.2 Å². The van der Waals surface area contributed by atoms with Gasteiger partial charge in [0.25, 0.3) is 11.5 Å². The molecular formula is C34H44N4O7. The fourth-order valence-electron chi connectivity index (χ4n) is 5.39. The van der Waals surface area contributed by atoms with Crippen LogP contribution < -0.4 is 21.5 Å². The van der Waals surface area contributed by atoms with Crippen LogP contribution in [-0.2, 0) is 25.7 Å². The standard InChI is InChI=1S/C34H44N4O7/c1-6-14-23(7-2)25(8-3)35-29(39)21-38-20-13-17-27(34(38)43)37-32(41)26(16-10-12-19-30(40)44-5)36-33(42)31-22(4)24-15-9-11-18-28(24)45-31/h9,11-13,15,17-20,23,25-26H,6-8,10,14,16,21H2,1-5H3,(H,35,39)(H,36,42)(H,37,41)/b19-12+/t23?,25?,26-/m0/s1. The number of aryl methyl sites for hydroxylation is 1. The summed E-state index contributed by atoms with van der Waals surface area (Å²) in [6.07, 6.45) is 8.37. The topological polar surface area (TPSA) is 149 Å². The number of hydrogen-bond acceptors (Lipinski definition) is 7. The quantitative estimate of drug-likeness (QED) is 0.153. The van der Waals surface area contributed by atoms with E-state index in [1.54, 1.807) is 25.1 Å². The van der Waals surface area contributed by atoms with Crippen molar-refractivity contribution in [2.45, 2.75) is 84.8 Å². The van der Waals surface area contributed by atoms with Crippen LogP contribution in [0.15, 0.2) is 64.0 Å². The zero-order valence-corrected chi connectivity index (χ0v) is 26.7. The van der Waals surface area contributed by atoms with Crippen LogP contribution in [0.4, 0.5) is 5.69 Å². The third kappa shape index (κ3) is 9.41. The number of ether oxygens (including phenoxy) is 1. The van der Waals surface area contributed by atoms with Crippen LogP contribution in [0.2, 0.25) is 0 Å². The Hall–Kier alpha value is -4.67. The Labute approximate surface area is 263 Å². The summed E-state index contributed by atoms with van der Waals surface area (Å²) in [5.74, 6) is -1.65. The number of fused-ring (bicyclic) bond motifs is 1. The van der Waals surface area contributed by atoms with Gasteiger partial charge in [0.1, 0.15) is 23.9 Å². The number of aromatic nitrogens is 1. The average Bonchev–Trinajstić information content (AvgIpc) is 3.38. The molecule has 3 atom stereocenters. The van der Waals surface area contributed by atoms with Gasteiger partial charge >= 0.3 is 5.97 Å². The maximum absolute atomic E-state index is 13.5. The molecule has 0 fully saturated rings. The van der Waals surface area contributed by atoms with Crippen molar-refractivity contribution >= 4 is 40.3 Å². The molecule has 0 radical (unpaired) electrons. The van der Waals surface area contributed by atoms with Gasteiger partial charge in [0, 0.05) is 29.3 Å². The van der Waals surface area contributed by atoms with Crippen LogP contribution in [0.1, 0.15) is 75.4 Å². The Bertz CT molecular complexity index is 1570. The molecule has 11 heteroatoms. The minimum absolute atomic E-state index is 0.00836. The maximum Gasteiger partial charge on any atom is 0.330 e. The first-order chi connectivity index (χ1) is 21.6. The molecular weight excluding hydrogens is 576 g/mol. The molecule has 0 aliphatic heterocycles. The molecule has 0 aliphatic carbocycles. The number of furan rings is 1. The van der Waals surface area contributed by atoms with Crippen LogP contribution in [-0.4, -0.2) is 47.5 Å². The summed E-state index contributed by atoms with van der Waals surface area (Å²) in [7, 11) is 1.26. The van der Waals surface area contributed by atoms with Crippen molar-refractivity contribution in [2.24, 2.45) is 5.92 Å². The monoisotopic (exact) mass is 620 g/mol. The first-order valence-corrected chi connectivity index (χ1v) is 15.5. The Morgan fingerprint density at radius 2 is 1.76 bits per heavy atom. The van der Waals surface area contributed by atoms with Crippen molar-refractivity contribution in [1.29, 1.82) is 0 Å². The van der Waals surface area contributed by atoms with Gasteiger partial charge in [-0.05, 0) is 56.7 Å². The molecule has 0 saturated heterocycles. The lowest BCUT2D eigenvalue weighted by atomic mass is 9.90. The number of para-hydroxylation sites is 1. The second-order valence-electron chi connectivity index (χ2n) is 11.0. The fraction of sp³-hybridized carbons (Fsp3) is 0.441. The molecule has 0 saturated carbocycles. The Kier molecular flexibility index (Phi) is 13.1. The van der Waals surface area contributed by atoms with Crippen LogP contribution in [0.5, 0.6) is 0 Å². The summed E-state index contributed by atoms with van der Waals surface area (Å²) >= 11 is 0. The van der Waals surface area contributed by atoms with Gasteiger partial charge in [-0.15, -0.1) is 0 Å². The zero-order valence-electron chi connectivity index (χ0n) is 26.7. The van der Waals surface area contributed by atoms with Crippen molar-refractivity contribution < 1.29 is 28.3 Å². The summed E-state index contributed by atoms with van der Waals surface area (Å²) in [6, 6.07) is 9.15. The van der Waals surface area contributed by atoms with Gasteiger partial charge in [-0.1, -0.05) is 57.9 Å². The highest BCUT2D eigenvalue weighted by Crippen LogP contribution is 2.25. The molecule has 3 N–H and O–H groups in total. The zero-order chi connectivity index (χ0) is 32.9. The predicted octanol–water partition coefficient (Wildman–Crippen LogP) is 4.87. The van der Waals surface area contributed by atoms with E-state index in [1.807, 2.05) is 19.1 Å². The number of benzene rings is 1. The third-order valence-electron chi connectivity index (χ3n) is 7.88. The number of rotatable bonds is 16. The number of allylic oxidation sites excluding steroid dienone is 1. The number of esters is 1. The third-order valence-corrected chi connectivity index (χ3v) is 7.88. The van der Waals surface area contributed by atoms with E-state index in [4.69, 9.17) is 4.42 Å². The molecule has 2 aromatic heterocycles. The number of hydrogen-bond donors (Lipinski definition) is 3. The molecule has 2 unspecified atom stereocenters. The molecule has 242 valence electrons. The lowest BCUT2D eigenvalue weighted by Crippen LogP contribution is -2.45. The summed E-state index contributed by atoms with van der Waals surface area (Å²) in [5.41, 5.74) is 0.571. The van der Waals surface area contributed by atoms with Gasteiger partial charge in [-0.3, -0.25) is 19.2 Å². The van der Waals surface area contributed by atoms with Gasteiger partial charge in [0.2, 0.25) is 11.8 Å². The maximum atomic E-state index is 13.5. The first kappa shape index (κ1) is 34.8. The smallest absolute Gasteiger partial charge is 0.330 e. The van der Waals surface area contributed by atoms with Crippen molar-refractivity contribution in [3.8, 4) is 0 Å². The lowest BCUT2D eigenvalue weighted by molar-refractivity contribution is -0.134. The molecule has 3 rings (SSSR count). The number of carbonyl (C=O) groups excluding carboxylic acids is 4. The molecule has 2 heterocycles. The molecule has 11 nitrogen and oxygen atoms in total. The van der Waals surface area contributed by atoms with Gasteiger partial charge < -0.3 is 29.7 Å². The highest BCUT2D eigenvalue weighted by molar-refractivity contribution is 6.03. The van der Waals surface area contributed by atoms with E-state index in [0.717, 1.165) is 31.1 Å². The summed E-state index contributed by atoms with van der Waals surface area (Å²) in [5, 5.41) is 9.17. The molecule has 3 aromatic rings. The van der Waals surface area contributed by atoms with Gasteiger partial charge in [0.05, 0.1) is 7.11 Å². The lowest BCUT2D eigenvalue weighted by Gasteiger charge is -2.26. The molecule has 0 aliphatic rings. The van der Waals surface area contributed by atoms with Crippen molar-refractivity contribution in [3.05, 3.63) is 76.4 Å². The van der Waals surface area contributed by atoms with E-state index in [1.165, 1.54) is 36.1 Å². The number of anilines is 1. The van der Waals surface area contributed by atoms with E-state index in [-0.39, 0.29) is 42.8 Å². The van der Waals surface area contributed by atoms with Crippen LogP contribution in [0.3, 0.4) is 0 Å². The molecule has 1 aromatic carbocycles. The van der Waals surface area contributed by atoms with E-state index >= 15 is 0 Å². The number of carbonyl (C=O) groups is 4. The van der Waals surface area contributed by atoms with Crippen molar-refractivity contribution in [2.75, 3.05) is 12.4 Å². The van der Waals surface area contributed by atoms with Crippen molar-refractivity contribution in [3.63, 3.8) is 0 Å². The van der Waals surface area contributed by atoms with E-state index < -0.39 is 29.4 Å². The second-order valence-corrected chi connectivity index (χ2v) is 11.0. The normalized spacial score (nSPS) is 13.3. The van der Waals surface area contributed by atoms with Gasteiger partial charge in [0.15, 0.2) is 5.76 Å². The largest absolute Gasteiger partial charge is 0.466 e. The number of methoxy groups -OCH3 is 1. The molecule has 0 bridgehead atoms. The SMILES string of the molecule is CCCC(CC)C(CC)NC(=O)Cn1cccc(NC(=O)[C@H](CC/C=C/C(=O)OC)NC(=O)c2oc3ccccc3c2C)c1=O. The molecule has 45 heavy (non-hydrogen) atoms. The minimum atomic E-state index is -1.08. The fourth-order valence-corrected chi connectivity index (χ4v) is 5.39. The van der Waals surface area contributed by atoms with Crippen LogP contribution in [0.25, 0.3) is 11.0 Å². The summed E-state index contributed by atoms with van der Waals surface area (Å²) in [6.45, 7) is 7.81. The number of nitrogens with zero attached hydrogens (tertiary/aromatic N) is 1. The summed E-state index contributed by atoms with van der Waals surface area (Å²) < 4.78 is 11.6. The molecule has 0 spiro atoms.